The summed E-state index contributed by atoms with van der Waals surface area (Å²) in [5.74, 6) is -1.70. The van der Waals surface area contributed by atoms with Gasteiger partial charge in [0.2, 0.25) is 5.78 Å². The number of aryl methyl sites for hydroxylation is 1. The molecule has 0 aliphatic heterocycles. The number of Topliss-reactive ketones (excluding diaryl/α,β-unsaturated/α-hetero) is 1. The topological polar surface area (TPSA) is 101 Å². The lowest BCUT2D eigenvalue weighted by atomic mass is 9.81. The third-order valence-electron chi connectivity index (χ3n) is 4.60. The lowest BCUT2D eigenvalue weighted by molar-refractivity contribution is -0.118. The summed E-state index contributed by atoms with van der Waals surface area (Å²) in [5.41, 5.74) is -0.0400. The summed E-state index contributed by atoms with van der Waals surface area (Å²) in [6.07, 6.45) is 0.698. The van der Waals surface area contributed by atoms with Gasteiger partial charge in [-0.15, -0.1) is 0 Å². The highest BCUT2D eigenvalue weighted by Gasteiger charge is 2.37. The molecule has 0 fully saturated rings. The second-order valence-electron chi connectivity index (χ2n) is 6.09. The van der Waals surface area contributed by atoms with Crippen molar-refractivity contribution in [3.8, 4) is 17.2 Å². The molecule has 0 amide bonds. The molecule has 3 rings (SSSR count). The summed E-state index contributed by atoms with van der Waals surface area (Å²) in [4.78, 5) is 37.3. The van der Waals surface area contributed by atoms with E-state index in [1.807, 2.05) is 0 Å². The van der Waals surface area contributed by atoms with Gasteiger partial charge in [0.1, 0.15) is 23.0 Å². The summed E-state index contributed by atoms with van der Waals surface area (Å²) < 4.78 is 5.18. The van der Waals surface area contributed by atoms with Crippen molar-refractivity contribution in [2.75, 3.05) is 7.11 Å². The standard InChI is InChI=1S/C20H18O6/c1-3-11(21)8-7-10-9-13(22)16-17(18(10)23)20(25)15-12(19(16)24)5-4-6-14(15)26-2/h4-6,9,22-23H,3,7-8H2,1-2H3. The molecule has 26 heavy (non-hydrogen) atoms. The highest BCUT2D eigenvalue weighted by molar-refractivity contribution is 6.31. The van der Waals surface area contributed by atoms with E-state index in [4.69, 9.17) is 4.74 Å². The predicted octanol–water partition coefficient (Wildman–Crippen LogP) is 2.79. The third kappa shape index (κ3) is 2.63. The number of ether oxygens (including phenoxy) is 1. The molecule has 0 heterocycles. The number of rotatable bonds is 5. The predicted molar refractivity (Wildman–Crippen MR) is 93.2 cm³/mol. The van der Waals surface area contributed by atoms with Crippen LogP contribution in [-0.2, 0) is 11.2 Å². The minimum Gasteiger partial charge on any atom is -0.507 e. The fourth-order valence-corrected chi connectivity index (χ4v) is 3.19. The Morgan fingerprint density at radius 2 is 1.81 bits per heavy atom. The van der Waals surface area contributed by atoms with Gasteiger partial charge in [0.25, 0.3) is 0 Å². The summed E-state index contributed by atoms with van der Waals surface area (Å²) in [6.45, 7) is 1.73. The normalized spacial score (nSPS) is 12.5. The van der Waals surface area contributed by atoms with Crippen molar-refractivity contribution < 1.29 is 29.3 Å². The average molecular weight is 354 g/mol. The van der Waals surface area contributed by atoms with Crippen molar-refractivity contribution in [2.24, 2.45) is 0 Å². The molecule has 0 saturated heterocycles. The minimum absolute atomic E-state index is 0.00368. The maximum absolute atomic E-state index is 13.0. The third-order valence-corrected chi connectivity index (χ3v) is 4.60. The van der Waals surface area contributed by atoms with Crippen LogP contribution in [0.5, 0.6) is 17.2 Å². The van der Waals surface area contributed by atoms with Crippen LogP contribution < -0.4 is 4.74 Å². The summed E-state index contributed by atoms with van der Waals surface area (Å²) in [5, 5.41) is 20.9. The van der Waals surface area contributed by atoms with Gasteiger partial charge < -0.3 is 14.9 Å². The molecule has 0 aromatic heterocycles. The molecule has 1 aliphatic carbocycles. The lowest BCUT2D eigenvalue weighted by Crippen LogP contribution is -2.22. The zero-order valence-electron chi connectivity index (χ0n) is 14.5. The summed E-state index contributed by atoms with van der Waals surface area (Å²) in [7, 11) is 1.38. The number of methoxy groups -OCH3 is 1. The van der Waals surface area contributed by atoms with Gasteiger partial charge in [-0.25, -0.2) is 0 Å². The van der Waals surface area contributed by atoms with Crippen LogP contribution in [0.15, 0.2) is 24.3 Å². The number of hydrogen-bond acceptors (Lipinski definition) is 6. The monoisotopic (exact) mass is 354 g/mol. The van der Waals surface area contributed by atoms with Crippen molar-refractivity contribution in [2.45, 2.75) is 26.2 Å². The Balaban J connectivity index is 2.18. The first-order chi connectivity index (χ1) is 12.4. The second-order valence-corrected chi connectivity index (χ2v) is 6.09. The quantitative estimate of drug-likeness (QED) is 0.683. The molecule has 0 saturated carbocycles. The van der Waals surface area contributed by atoms with E-state index in [1.165, 1.54) is 19.2 Å². The van der Waals surface area contributed by atoms with Gasteiger partial charge in [0, 0.05) is 18.4 Å². The van der Waals surface area contributed by atoms with Crippen LogP contribution in [-0.4, -0.2) is 34.7 Å². The van der Waals surface area contributed by atoms with E-state index in [2.05, 4.69) is 0 Å². The Morgan fingerprint density at radius 1 is 1.08 bits per heavy atom. The van der Waals surface area contributed by atoms with Gasteiger partial charge in [-0.2, -0.15) is 0 Å². The lowest BCUT2D eigenvalue weighted by Gasteiger charge is -2.22. The number of ketones is 3. The van der Waals surface area contributed by atoms with Gasteiger partial charge in [0.05, 0.1) is 23.8 Å². The molecular formula is C20H18O6. The van der Waals surface area contributed by atoms with E-state index in [-0.39, 0.29) is 63.7 Å². The molecule has 2 aromatic rings. The van der Waals surface area contributed by atoms with E-state index >= 15 is 0 Å². The van der Waals surface area contributed by atoms with E-state index in [0.717, 1.165) is 0 Å². The van der Waals surface area contributed by atoms with E-state index < -0.39 is 11.6 Å². The molecule has 6 heteroatoms. The number of aromatic hydroxyl groups is 2. The molecule has 0 radical (unpaired) electrons. The zero-order valence-corrected chi connectivity index (χ0v) is 14.5. The van der Waals surface area contributed by atoms with Crippen LogP contribution in [0, 0.1) is 0 Å². The molecule has 2 aromatic carbocycles. The van der Waals surface area contributed by atoms with Crippen LogP contribution in [0.1, 0.15) is 57.2 Å². The molecule has 1 aliphatic rings. The van der Waals surface area contributed by atoms with Gasteiger partial charge >= 0.3 is 0 Å². The van der Waals surface area contributed by atoms with Gasteiger partial charge in [-0.05, 0) is 24.1 Å². The SMILES string of the molecule is CCC(=O)CCc1cc(O)c2c(c1O)C(=O)c1c(OC)cccc1C2=O. The molecule has 0 bridgehead atoms. The molecule has 0 spiro atoms. The number of carbonyl (C=O) groups excluding carboxylic acids is 3. The van der Waals surface area contributed by atoms with Gasteiger partial charge in [-0.1, -0.05) is 19.1 Å². The van der Waals surface area contributed by atoms with Gasteiger partial charge in [0.15, 0.2) is 5.78 Å². The smallest absolute Gasteiger partial charge is 0.202 e. The highest BCUT2D eigenvalue weighted by Crippen LogP contribution is 2.42. The fraction of sp³-hybridized carbons (Fsp3) is 0.250. The van der Waals surface area contributed by atoms with Crippen molar-refractivity contribution in [3.05, 3.63) is 52.1 Å². The number of phenolic OH excluding ortho intramolecular Hbond substituents is 2. The Labute approximate surface area is 150 Å². The van der Waals surface area contributed by atoms with Crippen LogP contribution in [0.4, 0.5) is 0 Å². The van der Waals surface area contributed by atoms with E-state index in [0.29, 0.717) is 6.42 Å². The molecular weight excluding hydrogens is 336 g/mol. The number of carbonyl (C=O) groups is 3. The molecule has 2 N–H and O–H groups in total. The minimum atomic E-state index is -0.594. The Morgan fingerprint density at radius 3 is 2.46 bits per heavy atom. The van der Waals surface area contributed by atoms with Crippen molar-refractivity contribution >= 4 is 17.3 Å². The average Bonchev–Trinajstić information content (AvgIpc) is 2.65. The van der Waals surface area contributed by atoms with Crippen molar-refractivity contribution in [1.29, 1.82) is 0 Å². The van der Waals surface area contributed by atoms with Crippen molar-refractivity contribution in [3.63, 3.8) is 0 Å². The first-order valence-corrected chi connectivity index (χ1v) is 8.26. The molecule has 0 atom stereocenters. The number of fused-ring (bicyclic) bond motifs is 2. The van der Waals surface area contributed by atoms with Crippen LogP contribution in [0.25, 0.3) is 0 Å². The van der Waals surface area contributed by atoms with E-state index in [1.54, 1.807) is 19.1 Å². The van der Waals surface area contributed by atoms with Crippen molar-refractivity contribution in [1.82, 2.24) is 0 Å². The molecule has 134 valence electrons. The largest absolute Gasteiger partial charge is 0.507 e. The summed E-state index contributed by atoms with van der Waals surface area (Å²) >= 11 is 0. The maximum Gasteiger partial charge on any atom is 0.202 e. The maximum atomic E-state index is 13.0. The van der Waals surface area contributed by atoms with Crippen LogP contribution in [0.2, 0.25) is 0 Å². The molecule has 0 unspecified atom stereocenters. The van der Waals surface area contributed by atoms with Gasteiger partial charge in [-0.3, -0.25) is 14.4 Å². The Hall–Kier alpha value is -3.15. The summed E-state index contributed by atoms with van der Waals surface area (Å²) in [6, 6.07) is 5.85. The second kappa shape index (κ2) is 6.63. The van der Waals surface area contributed by atoms with Crippen LogP contribution in [0.3, 0.4) is 0 Å². The Kier molecular flexibility index (Phi) is 4.50. The number of hydrogen-bond donors (Lipinski definition) is 2. The number of phenols is 2. The Bertz CT molecular complexity index is 942. The fourth-order valence-electron chi connectivity index (χ4n) is 3.19. The molecule has 6 nitrogen and oxygen atoms in total. The highest BCUT2D eigenvalue weighted by atomic mass is 16.5. The number of benzene rings is 2. The zero-order chi connectivity index (χ0) is 19.0. The first-order valence-electron chi connectivity index (χ1n) is 8.26. The van der Waals surface area contributed by atoms with E-state index in [9.17, 15) is 24.6 Å². The van der Waals surface area contributed by atoms with Crippen LogP contribution >= 0.6 is 0 Å². The first kappa shape index (κ1) is 17.7.